The highest BCUT2D eigenvalue weighted by atomic mass is 16.1. The van der Waals surface area contributed by atoms with E-state index in [1.54, 1.807) is 27.1 Å². The maximum Gasteiger partial charge on any atom is 0.333 e. The van der Waals surface area contributed by atoms with Crippen LogP contribution in [0.2, 0.25) is 0 Å². The van der Waals surface area contributed by atoms with E-state index in [9.17, 15) is 4.79 Å². The van der Waals surface area contributed by atoms with E-state index < -0.39 is 0 Å². The molecule has 0 atom stereocenters. The Morgan fingerprint density at radius 2 is 1.69 bits per heavy atom. The van der Waals surface area contributed by atoms with Crippen molar-refractivity contribution in [2.24, 2.45) is 14.1 Å². The molecule has 0 N–H and O–H groups in total. The van der Waals surface area contributed by atoms with E-state index in [4.69, 9.17) is 0 Å². The van der Waals surface area contributed by atoms with Gasteiger partial charge in [0.05, 0.1) is 39.6 Å². The van der Waals surface area contributed by atoms with E-state index in [2.05, 4.69) is 33.3 Å². The van der Waals surface area contributed by atoms with Gasteiger partial charge in [0.25, 0.3) is 0 Å². The second kappa shape index (κ2) is 6.62. The summed E-state index contributed by atoms with van der Waals surface area (Å²) >= 11 is 0. The number of para-hydroxylation sites is 1. The first-order valence-electron chi connectivity index (χ1n) is 10.4. The Labute approximate surface area is 183 Å². The lowest BCUT2D eigenvalue weighted by atomic mass is 10.0. The van der Waals surface area contributed by atoms with Crippen LogP contribution in [0.3, 0.4) is 0 Å². The molecule has 156 valence electrons. The van der Waals surface area contributed by atoms with Gasteiger partial charge in [-0.1, -0.05) is 24.3 Å². The van der Waals surface area contributed by atoms with Crippen LogP contribution in [0.5, 0.6) is 0 Å². The molecule has 0 radical (unpaired) electrons. The Morgan fingerprint density at radius 3 is 2.50 bits per heavy atom. The summed E-state index contributed by atoms with van der Waals surface area (Å²) in [5, 5.41) is 6.44. The highest BCUT2D eigenvalue weighted by molar-refractivity contribution is 6.04. The van der Waals surface area contributed by atoms with Crippen LogP contribution in [0.1, 0.15) is 5.69 Å². The van der Waals surface area contributed by atoms with Gasteiger partial charge >= 0.3 is 5.69 Å². The molecule has 0 saturated carbocycles. The molecule has 0 aliphatic heterocycles. The van der Waals surface area contributed by atoms with Crippen molar-refractivity contribution >= 4 is 32.8 Å². The summed E-state index contributed by atoms with van der Waals surface area (Å²) in [6.45, 7) is 1.91. The Bertz CT molecular complexity index is 1740. The molecule has 0 bridgehead atoms. The van der Waals surface area contributed by atoms with Crippen LogP contribution in [0, 0.1) is 6.92 Å². The van der Waals surface area contributed by atoms with Crippen molar-refractivity contribution < 1.29 is 0 Å². The second-order valence-electron chi connectivity index (χ2n) is 8.09. The molecule has 0 amide bonds. The molecule has 0 aliphatic carbocycles. The van der Waals surface area contributed by atoms with Crippen molar-refractivity contribution in [2.45, 2.75) is 6.92 Å². The fraction of sp³-hybridized carbons (Fsp3) is 0.120. The van der Waals surface area contributed by atoms with Crippen LogP contribution in [0.25, 0.3) is 49.7 Å². The maximum atomic E-state index is 13.2. The number of imidazole rings is 1. The number of fused-ring (bicyclic) bond motifs is 4. The zero-order chi connectivity index (χ0) is 22.0. The molecule has 0 unspecified atom stereocenters. The lowest BCUT2D eigenvalue weighted by Gasteiger charge is -2.08. The van der Waals surface area contributed by atoms with Crippen LogP contribution in [0.15, 0.2) is 71.9 Å². The monoisotopic (exact) mass is 420 g/mol. The molecule has 0 aliphatic rings. The number of nitrogens with zero attached hydrogens (tertiary/aromatic N) is 6. The number of hydrogen-bond donors (Lipinski definition) is 0. The molecule has 4 aromatic heterocycles. The first-order chi connectivity index (χ1) is 15.5. The summed E-state index contributed by atoms with van der Waals surface area (Å²) in [5.74, 6) is 0. The van der Waals surface area contributed by atoms with Gasteiger partial charge in [0, 0.05) is 42.8 Å². The summed E-state index contributed by atoms with van der Waals surface area (Å²) < 4.78 is 5.11. The predicted molar refractivity (Wildman–Crippen MR) is 126 cm³/mol. The minimum absolute atomic E-state index is 0.122. The number of aryl methyl sites for hydroxylation is 3. The maximum absolute atomic E-state index is 13.2. The Kier molecular flexibility index (Phi) is 3.83. The summed E-state index contributed by atoms with van der Waals surface area (Å²) in [5.41, 5.74) is 6.88. The van der Waals surface area contributed by atoms with E-state index in [1.807, 2.05) is 56.7 Å². The van der Waals surface area contributed by atoms with Gasteiger partial charge in [-0.15, -0.1) is 0 Å². The van der Waals surface area contributed by atoms with Crippen molar-refractivity contribution in [3.8, 4) is 16.8 Å². The first kappa shape index (κ1) is 18.5. The van der Waals surface area contributed by atoms with Gasteiger partial charge in [0.15, 0.2) is 0 Å². The number of rotatable bonds is 2. The van der Waals surface area contributed by atoms with E-state index in [-0.39, 0.29) is 5.69 Å². The topological polar surface area (TPSA) is 70.5 Å². The number of benzene rings is 2. The van der Waals surface area contributed by atoms with Crippen LogP contribution in [-0.2, 0) is 14.1 Å². The minimum Gasteiger partial charge on any atom is -0.293 e. The molecule has 7 nitrogen and oxygen atoms in total. The molecule has 32 heavy (non-hydrogen) atoms. The molecular weight excluding hydrogens is 400 g/mol. The van der Waals surface area contributed by atoms with Gasteiger partial charge in [-0.05, 0) is 36.8 Å². The smallest absolute Gasteiger partial charge is 0.293 e. The summed E-state index contributed by atoms with van der Waals surface area (Å²) in [4.78, 5) is 22.5. The highest BCUT2D eigenvalue weighted by Crippen LogP contribution is 2.31. The second-order valence-corrected chi connectivity index (χ2v) is 8.09. The van der Waals surface area contributed by atoms with Gasteiger partial charge < -0.3 is 0 Å². The third kappa shape index (κ3) is 2.61. The van der Waals surface area contributed by atoms with Crippen molar-refractivity contribution in [3.05, 3.63) is 83.3 Å². The third-order valence-electron chi connectivity index (χ3n) is 6.04. The fourth-order valence-electron chi connectivity index (χ4n) is 4.44. The van der Waals surface area contributed by atoms with Crippen LogP contribution >= 0.6 is 0 Å². The van der Waals surface area contributed by atoms with E-state index in [0.717, 1.165) is 55.3 Å². The summed E-state index contributed by atoms with van der Waals surface area (Å²) in [7, 11) is 3.63. The van der Waals surface area contributed by atoms with Crippen molar-refractivity contribution in [1.82, 2.24) is 28.9 Å². The van der Waals surface area contributed by atoms with Crippen LogP contribution < -0.4 is 5.69 Å². The standard InChI is InChI=1S/C25H20N6O/c1-15-23(14-29(2)28-15)31-24-19-11-16(18-10-17-6-4-5-7-20(17)26-12-18)8-9-21(19)27-13-22(24)30(3)25(31)32/h4-14H,1-3H3. The SMILES string of the molecule is Cc1nn(C)cc1-n1c(=O)n(C)c2cnc3ccc(-c4cnc5ccccc5c4)cc3c21. The van der Waals surface area contributed by atoms with E-state index in [0.29, 0.717) is 0 Å². The highest BCUT2D eigenvalue weighted by Gasteiger charge is 2.19. The fourth-order valence-corrected chi connectivity index (χ4v) is 4.44. The van der Waals surface area contributed by atoms with E-state index >= 15 is 0 Å². The molecule has 6 aromatic rings. The molecule has 7 heteroatoms. The Morgan fingerprint density at radius 1 is 0.875 bits per heavy atom. The predicted octanol–water partition coefficient (Wildman–Crippen LogP) is 4.13. The molecule has 0 fully saturated rings. The van der Waals surface area contributed by atoms with Gasteiger partial charge in [-0.25, -0.2) is 4.79 Å². The van der Waals surface area contributed by atoms with Gasteiger partial charge in [-0.2, -0.15) is 5.10 Å². The first-order valence-corrected chi connectivity index (χ1v) is 10.4. The Hall–Kier alpha value is -4.26. The van der Waals surface area contributed by atoms with Gasteiger partial charge in [-0.3, -0.25) is 23.8 Å². The number of pyridine rings is 2. The van der Waals surface area contributed by atoms with Gasteiger partial charge in [0.2, 0.25) is 0 Å². The molecule has 2 aromatic carbocycles. The normalized spacial score (nSPS) is 11.7. The number of hydrogen-bond acceptors (Lipinski definition) is 4. The quantitative estimate of drug-likeness (QED) is 0.422. The molecule has 0 spiro atoms. The Balaban J connectivity index is 1.68. The van der Waals surface area contributed by atoms with Crippen LogP contribution in [0.4, 0.5) is 0 Å². The van der Waals surface area contributed by atoms with Gasteiger partial charge in [0.1, 0.15) is 0 Å². The lowest BCUT2D eigenvalue weighted by molar-refractivity contribution is 0.756. The van der Waals surface area contributed by atoms with Crippen molar-refractivity contribution in [1.29, 1.82) is 0 Å². The molecule has 4 heterocycles. The minimum atomic E-state index is -0.122. The molecular formula is C25H20N6O. The van der Waals surface area contributed by atoms with Crippen LogP contribution in [-0.4, -0.2) is 28.9 Å². The average Bonchev–Trinajstić information content (AvgIpc) is 3.27. The number of aromatic nitrogens is 6. The summed E-state index contributed by atoms with van der Waals surface area (Å²) in [6.07, 6.45) is 5.53. The lowest BCUT2D eigenvalue weighted by Crippen LogP contribution is -2.21. The molecule has 0 saturated heterocycles. The summed E-state index contributed by atoms with van der Waals surface area (Å²) in [6, 6.07) is 16.4. The zero-order valence-corrected chi connectivity index (χ0v) is 17.9. The average molecular weight is 420 g/mol. The largest absolute Gasteiger partial charge is 0.333 e. The third-order valence-corrected chi connectivity index (χ3v) is 6.04. The van der Waals surface area contributed by atoms with Crippen molar-refractivity contribution in [3.63, 3.8) is 0 Å². The zero-order valence-electron chi connectivity index (χ0n) is 17.9. The van der Waals surface area contributed by atoms with Crippen molar-refractivity contribution in [2.75, 3.05) is 0 Å². The molecule has 6 rings (SSSR count). The van der Waals surface area contributed by atoms with E-state index in [1.165, 1.54) is 0 Å².